The van der Waals surface area contributed by atoms with E-state index >= 15 is 0 Å². The molecule has 7 heteroatoms. The van der Waals surface area contributed by atoms with Crippen molar-refractivity contribution >= 4 is 40.3 Å². The van der Waals surface area contributed by atoms with Gasteiger partial charge in [-0.2, -0.15) is 0 Å². The van der Waals surface area contributed by atoms with Crippen LogP contribution >= 0.6 is 34.4 Å². The summed E-state index contributed by atoms with van der Waals surface area (Å²) in [5.74, 6) is 0.810. The van der Waals surface area contributed by atoms with Crippen LogP contribution in [0, 0.1) is 0 Å². The largest absolute Gasteiger partial charge is 0.350 e. The number of nitrogens with zero attached hydrogens (tertiary/aromatic N) is 2. The minimum absolute atomic E-state index is 0.0375. The van der Waals surface area contributed by atoms with E-state index in [1.807, 2.05) is 49.9 Å². The molecule has 0 radical (unpaired) electrons. The topological polar surface area (TPSA) is 45.2 Å². The van der Waals surface area contributed by atoms with Crippen molar-refractivity contribution < 1.29 is 4.79 Å². The highest BCUT2D eigenvalue weighted by Gasteiger charge is 2.16. The van der Waals surface area contributed by atoms with Gasteiger partial charge in [0.05, 0.1) is 17.2 Å². The normalized spacial score (nSPS) is 12.3. The van der Waals surface area contributed by atoms with Crippen molar-refractivity contribution in [3.63, 3.8) is 0 Å². The quantitative estimate of drug-likeness (QED) is 0.561. The Hall–Kier alpha value is -1.67. The van der Waals surface area contributed by atoms with Gasteiger partial charge in [0.25, 0.3) is 5.91 Å². The lowest BCUT2D eigenvalue weighted by molar-refractivity contribution is 0.0942. The van der Waals surface area contributed by atoms with Crippen molar-refractivity contribution in [2.24, 2.45) is 0 Å². The van der Waals surface area contributed by atoms with Crippen LogP contribution in [0.2, 0.25) is 0 Å². The number of carbonyl (C=O) groups excluding carboxylic acids is 1. The van der Waals surface area contributed by atoms with Crippen molar-refractivity contribution in [1.29, 1.82) is 0 Å². The fraction of sp³-hybridized carbons (Fsp3) is 0.263. The number of thiophene rings is 1. The van der Waals surface area contributed by atoms with Gasteiger partial charge in [0.1, 0.15) is 0 Å². The maximum Gasteiger partial charge on any atom is 0.251 e. The standard InChI is InChI=1S/C19H21N3OS3/c1-22(2)17(18-4-3-9-25-18)10-20-19(23)14-5-7-16(8-6-14)26-12-15-11-24-13-21-15/h3-9,11,13,17H,10,12H2,1-2H3,(H,20,23)/t17-/m1/s1. The van der Waals surface area contributed by atoms with Gasteiger partial charge in [-0.15, -0.1) is 34.4 Å². The van der Waals surface area contributed by atoms with E-state index in [1.165, 1.54) is 4.88 Å². The summed E-state index contributed by atoms with van der Waals surface area (Å²) in [6.45, 7) is 0.590. The van der Waals surface area contributed by atoms with E-state index in [2.05, 4.69) is 32.0 Å². The predicted molar refractivity (Wildman–Crippen MR) is 111 cm³/mol. The molecule has 2 heterocycles. The van der Waals surface area contributed by atoms with Gasteiger partial charge >= 0.3 is 0 Å². The molecular formula is C19H21N3OS3. The van der Waals surface area contributed by atoms with E-state index in [0.717, 1.165) is 16.3 Å². The number of aromatic nitrogens is 1. The summed E-state index contributed by atoms with van der Waals surface area (Å²) in [6.07, 6.45) is 0. The molecule has 1 N–H and O–H groups in total. The molecule has 4 nitrogen and oxygen atoms in total. The Morgan fingerprint density at radius 2 is 2.08 bits per heavy atom. The number of nitrogens with one attached hydrogen (secondary N) is 1. The average Bonchev–Trinajstić information content (AvgIpc) is 3.34. The monoisotopic (exact) mass is 403 g/mol. The molecule has 0 saturated carbocycles. The number of amides is 1. The second-order valence-corrected chi connectivity index (χ2v) is 8.74. The van der Waals surface area contributed by atoms with Gasteiger partial charge in [-0.3, -0.25) is 4.79 Å². The molecule has 0 fully saturated rings. The van der Waals surface area contributed by atoms with Gasteiger partial charge in [0.2, 0.25) is 0 Å². The van der Waals surface area contributed by atoms with Crippen molar-refractivity contribution in [1.82, 2.24) is 15.2 Å². The second-order valence-electron chi connectivity index (χ2n) is 6.00. The predicted octanol–water partition coefficient (Wildman–Crippen LogP) is 4.53. The third-order valence-electron chi connectivity index (χ3n) is 3.94. The molecule has 3 aromatic rings. The lowest BCUT2D eigenvalue weighted by Gasteiger charge is -2.23. The molecule has 0 aliphatic heterocycles. The number of rotatable bonds is 8. The van der Waals surface area contributed by atoms with Gasteiger partial charge in [0.15, 0.2) is 0 Å². The number of benzene rings is 1. The highest BCUT2D eigenvalue weighted by Crippen LogP contribution is 2.24. The summed E-state index contributed by atoms with van der Waals surface area (Å²) in [4.78, 5) is 21.3. The molecule has 0 unspecified atom stereocenters. The van der Waals surface area contributed by atoms with Gasteiger partial charge in [-0.25, -0.2) is 4.98 Å². The van der Waals surface area contributed by atoms with Crippen LogP contribution in [-0.2, 0) is 5.75 Å². The minimum Gasteiger partial charge on any atom is -0.350 e. The number of hydrogen-bond acceptors (Lipinski definition) is 6. The Balaban J connectivity index is 1.54. The second kappa shape index (κ2) is 9.32. The molecule has 0 aliphatic rings. The zero-order valence-corrected chi connectivity index (χ0v) is 17.2. The third-order valence-corrected chi connectivity index (χ3v) is 6.59. The van der Waals surface area contributed by atoms with Crippen LogP contribution in [0.5, 0.6) is 0 Å². The van der Waals surface area contributed by atoms with E-state index in [9.17, 15) is 4.79 Å². The highest BCUT2D eigenvalue weighted by molar-refractivity contribution is 7.98. The summed E-state index contributed by atoms with van der Waals surface area (Å²) in [5, 5.41) is 7.18. The molecule has 0 spiro atoms. The van der Waals surface area contributed by atoms with Crippen LogP contribution in [0.1, 0.15) is 27.0 Å². The first-order valence-electron chi connectivity index (χ1n) is 8.21. The Labute approximate surface area is 166 Å². The molecule has 1 aromatic carbocycles. The fourth-order valence-corrected chi connectivity index (χ4v) is 4.87. The maximum absolute atomic E-state index is 12.5. The Kier molecular flexibility index (Phi) is 6.85. The van der Waals surface area contributed by atoms with E-state index in [0.29, 0.717) is 12.1 Å². The van der Waals surface area contributed by atoms with Crippen LogP contribution in [0.4, 0.5) is 0 Å². The summed E-state index contributed by atoms with van der Waals surface area (Å²) >= 11 is 5.05. The van der Waals surface area contributed by atoms with E-state index in [4.69, 9.17) is 0 Å². The molecule has 1 atom stereocenters. The SMILES string of the molecule is CN(C)[C@H](CNC(=O)c1ccc(SCc2cscn2)cc1)c1cccs1. The molecule has 2 aromatic heterocycles. The van der Waals surface area contributed by atoms with Crippen molar-refractivity contribution in [3.8, 4) is 0 Å². The van der Waals surface area contributed by atoms with Crippen LogP contribution in [-0.4, -0.2) is 36.4 Å². The van der Waals surface area contributed by atoms with Gasteiger partial charge < -0.3 is 10.2 Å². The van der Waals surface area contributed by atoms with Crippen molar-refractivity contribution in [3.05, 3.63) is 68.8 Å². The summed E-state index contributed by atoms with van der Waals surface area (Å²) in [6, 6.07) is 12.1. The number of thioether (sulfide) groups is 1. The zero-order chi connectivity index (χ0) is 18.4. The first-order valence-corrected chi connectivity index (χ1v) is 11.0. The molecule has 0 bridgehead atoms. The van der Waals surface area contributed by atoms with E-state index in [1.54, 1.807) is 34.4 Å². The van der Waals surface area contributed by atoms with Crippen molar-refractivity contribution in [2.75, 3.05) is 20.6 Å². The Bertz CT molecular complexity index is 799. The zero-order valence-electron chi connectivity index (χ0n) is 14.7. The molecule has 0 saturated heterocycles. The molecule has 3 rings (SSSR count). The van der Waals surface area contributed by atoms with Crippen LogP contribution in [0.3, 0.4) is 0 Å². The first kappa shape index (κ1) is 19.1. The fourth-order valence-electron chi connectivity index (χ4n) is 2.48. The molecule has 0 aliphatic carbocycles. The minimum atomic E-state index is -0.0375. The van der Waals surface area contributed by atoms with E-state index in [-0.39, 0.29) is 11.9 Å². The van der Waals surface area contributed by atoms with Crippen LogP contribution in [0.25, 0.3) is 0 Å². The number of carbonyl (C=O) groups is 1. The first-order chi connectivity index (χ1) is 12.6. The molecule has 136 valence electrons. The molecular weight excluding hydrogens is 382 g/mol. The average molecular weight is 404 g/mol. The summed E-state index contributed by atoms with van der Waals surface area (Å²) in [7, 11) is 4.07. The maximum atomic E-state index is 12.5. The van der Waals surface area contributed by atoms with Crippen molar-refractivity contribution in [2.45, 2.75) is 16.7 Å². The third kappa shape index (κ3) is 5.17. The lowest BCUT2D eigenvalue weighted by atomic mass is 10.2. The van der Waals surface area contributed by atoms with Crippen LogP contribution in [0.15, 0.2) is 57.6 Å². The van der Waals surface area contributed by atoms with Gasteiger partial charge in [0, 0.05) is 33.0 Å². The Morgan fingerprint density at radius 1 is 1.27 bits per heavy atom. The van der Waals surface area contributed by atoms with Crippen LogP contribution < -0.4 is 5.32 Å². The molecule has 26 heavy (non-hydrogen) atoms. The summed E-state index contributed by atoms with van der Waals surface area (Å²) < 4.78 is 0. The van der Waals surface area contributed by atoms with Gasteiger partial charge in [-0.05, 0) is 49.8 Å². The summed E-state index contributed by atoms with van der Waals surface area (Å²) in [5.41, 5.74) is 3.62. The number of hydrogen-bond donors (Lipinski definition) is 1. The lowest BCUT2D eigenvalue weighted by Crippen LogP contribution is -2.34. The number of thiazole rings is 1. The van der Waals surface area contributed by atoms with E-state index < -0.39 is 0 Å². The smallest absolute Gasteiger partial charge is 0.251 e. The Morgan fingerprint density at radius 3 is 2.69 bits per heavy atom. The highest BCUT2D eigenvalue weighted by atomic mass is 32.2. The number of likely N-dealkylation sites (N-methyl/N-ethyl adjacent to an activating group) is 1. The molecule has 1 amide bonds. The van der Waals surface area contributed by atoms with Gasteiger partial charge in [-0.1, -0.05) is 6.07 Å².